The summed E-state index contributed by atoms with van der Waals surface area (Å²) in [5.41, 5.74) is 3.15. The van der Waals surface area contributed by atoms with Gasteiger partial charge in [0.25, 0.3) is 0 Å². The van der Waals surface area contributed by atoms with Gasteiger partial charge >= 0.3 is 0 Å². The molecular formula is C24H23N3O2. The Bertz CT molecular complexity index is 1130. The molecule has 0 aliphatic rings. The number of nitrogens with one attached hydrogen (secondary N) is 1. The highest BCUT2D eigenvalue weighted by molar-refractivity contribution is 5.86. The van der Waals surface area contributed by atoms with Gasteiger partial charge in [0, 0.05) is 22.8 Å². The molecule has 0 bridgehead atoms. The molecule has 0 aliphatic heterocycles. The van der Waals surface area contributed by atoms with Crippen LogP contribution in [0.3, 0.4) is 0 Å². The third kappa shape index (κ3) is 3.99. The molecule has 146 valence electrons. The predicted octanol–water partition coefficient (Wildman–Crippen LogP) is 5.24. The Hall–Kier alpha value is -3.60. The first-order valence-corrected chi connectivity index (χ1v) is 9.65. The lowest BCUT2D eigenvalue weighted by Gasteiger charge is -2.22. The molecule has 1 atom stereocenters. The second-order valence-electron chi connectivity index (χ2n) is 6.83. The summed E-state index contributed by atoms with van der Waals surface area (Å²) in [6.07, 6.45) is 1.74. The highest BCUT2D eigenvalue weighted by Gasteiger charge is 2.21. The Labute approximate surface area is 170 Å². The van der Waals surface area contributed by atoms with Crippen molar-refractivity contribution in [1.82, 2.24) is 9.97 Å². The maximum Gasteiger partial charge on any atom is 0.147 e. The average molecular weight is 385 g/mol. The predicted molar refractivity (Wildman–Crippen MR) is 115 cm³/mol. The molecule has 4 rings (SSSR count). The number of anilines is 1. The molecular weight excluding hydrogens is 362 g/mol. The lowest BCUT2D eigenvalue weighted by atomic mass is 9.96. The quantitative estimate of drug-likeness (QED) is 0.475. The number of hydrogen-bond donors (Lipinski definition) is 2. The number of fused-ring (bicyclic) bond motifs is 1. The van der Waals surface area contributed by atoms with E-state index in [4.69, 9.17) is 4.74 Å². The normalized spacial score (nSPS) is 11.9. The summed E-state index contributed by atoms with van der Waals surface area (Å²) in [5, 5.41) is 15.4. The van der Waals surface area contributed by atoms with Crippen molar-refractivity contribution in [3.8, 4) is 11.5 Å². The Morgan fingerprint density at radius 1 is 1.03 bits per heavy atom. The molecule has 0 aliphatic carbocycles. The first-order chi connectivity index (χ1) is 14.2. The number of nitrogens with zero attached hydrogens (tertiary/aromatic N) is 2. The van der Waals surface area contributed by atoms with Crippen molar-refractivity contribution in [1.29, 1.82) is 0 Å². The minimum atomic E-state index is -0.322. The lowest BCUT2D eigenvalue weighted by molar-refractivity contribution is 0.340. The number of pyridine rings is 2. The first-order valence-electron chi connectivity index (χ1n) is 9.65. The average Bonchev–Trinajstić information content (AvgIpc) is 2.74. The zero-order valence-corrected chi connectivity index (χ0v) is 16.5. The molecule has 5 heteroatoms. The molecule has 4 aromatic rings. The van der Waals surface area contributed by atoms with E-state index in [0.29, 0.717) is 12.1 Å². The summed E-state index contributed by atoms with van der Waals surface area (Å²) in [7, 11) is 0. The first kappa shape index (κ1) is 18.7. The largest absolute Gasteiger partial charge is 0.505 e. The number of phenols is 1. The van der Waals surface area contributed by atoms with Crippen LogP contribution in [-0.4, -0.2) is 21.7 Å². The molecule has 0 amide bonds. The zero-order valence-electron chi connectivity index (χ0n) is 16.5. The van der Waals surface area contributed by atoms with Crippen LogP contribution in [0.15, 0.2) is 72.9 Å². The van der Waals surface area contributed by atoms with Gasteiger partial charge in [-0.15, -0.1) is 0 Å². The fraction of sp³-hybridized carbons (Fsp3) is 0.167. The molecule has 2 heterocycles. The van der Waals surface area contributed by atoms with Gasteiger partial charge in [0.05, 0.1) is 12.6 Å². The maximum atomic E-state index is 11.1. The summed E-state index contributed by atoms with van der Waals surface area (Å²) in [6.45, 7) is 4.46. The van der Waals surface area contributed by atoms with Gasteiger partial charge in [-0.1, -0.05) is 36.4 Å². The van der Waals surface area contributed by atoms with E-state index in [2.05, 4.69) is 15.3 Å². The third-order valence-electron chi connectivity index (χ3n) is 4.78. The summed E-state index contributed by atoms with van der Waals surface area (Å²) in [5.74, 6) is 1.67. The lowest BCUT2D eigenvalue weighted by Crippen LogP contribution is -2.14. The number of ether oxygens (including phenoxy) is 1. The van der Waals surface area contributed by atoms with Crippen LogP contribution in [0.5, 0.6) is 11.5 Å². The maximum absolute atomic E-state index is 11.1. The molecule has 0 saturated heterocycles. The van der Waals surface area contributed by atoms with E-state index in [9.17, 15) is 5.11 Å². The molecule has 2 aromatic heterocycles. The van der Waals surface area contributed by atoms with E-state index in [1.54, 1.807) is 6.20 Å². The summed E-state index contributed by atoms with van der Waals surface area (Å²) >= 11 is 0. The van der Waals surface area contributed by atoms with Crippen LogP contribution >= 0.6 is 0 Å². The van der Waals surface area contributed by atoms with Gasteiger partial charge in [-0.05, 0) is 49.7 Å². The van der Waals surface area contributed by atoms with Gasteiger partial charge in [0.1, 0.15) is 22.8 Å². The van der Waals surface area contributed by atoms with Crippen LogP contribution in [-0.2, 0) is 0 Å². The minimum Gasteiger partial charge on any atom is -0.505 e. The number of rotatable bonds is 6. The van der Waals surface area contributed by atoms with Crippen LogP contribution < -0.4 is 10.1 Å². The number of phenolic OH excluding ortho intramolecular Hbond substituents is 1. The monoisotopic (exact) mass is 385 g/mol. The van der Waals surface area contributed by atoms with Crippen LogP contribution in [0.25, 0.3) is 10.9 Å². The Balaban J connectivity index is 1.85. The Kier molecular flexibility index (Phi) is 5.29. The highest BCUT2D eigenvalue weighted by atomic mass is 16.5. The van der Waals surface area contributed by atoms with E-state index in [0.717, 1.165) is 33.8 Å². The van der Waals surface area contributed by atoms with Crippen molar-refractivity contribution in [2.45, 2.75) is 19.9 Å². The Morgan fingerprint density at radius 3 is 2.69 bits per heavy atom. The molecule has 29 heavy (non-hydrogen) atoms. The van der Waals surface area contributed by atoms with Crippen LogP contribution in [0.2, 0.25) is 0 Å². The van der Waals surface area contributed by atoms with E-state index >= 15 is 0 Å². The van der Waals surface area contributed by atoms with Gasteiger partial charge in [-0.3, -0.25) is 0 Å². The molecule has 2 aromatic carbocycles. The fourth-order valence-corrected chi connectivity index (χ4v) is 3.41. The van der Waals surface area contributed by atoms with E-state index in [-0.39, 0.29) is 11.8 Å². The molecule has 0 spiro atoms. The van der Waals surface area contributed by atoms with Gasteiger partial charge in [0.2, 0.25) is 0 Å². The van der Waals surface area contributed by atoms with Crippen LogP contribution in [0.1, 0.15) is 29.8 Å². The summed E-state index contributed by atoms with van der Waals surface area (Å²) in [4.78, 5) is 8.94. The molecule has 0 saturated carbocycles. The molecule has 2 N–H and O–H groups in total. The van der Waals surface area contributed by atoms with Crippen molar-refractivity contribution in [3.05, 3.63) is 89.7 Å². The van der Waals surface area contributed by atoms with Gasteiger partial charge in [-0.2, -0.15) is 0 Å². The number of aryl methyl sites for hydroxylation is 1. The van der Waals surface area contributed by atoms with E-state index in [1.165, 1.54) is 0 Å². The SMILES string of the molecule is CCOc1cccc(C(Nc2ccccn2)c2ccc3ccc(C)nc3c2O)c1. The summed E-state index contributed by atoms with van der Waals surface area (Å²) in [6, 6.07) is 21.1. The topological polar surface area (TPSA) is 67.3 Å². The number of aromatic nitrogens is 2. The van der Waals surface area contributed by atoms with E-state index < -0.39 is 0 Å². The Morgan fingerprint density at radius 2 is 1.90 bits per heavy atom. The molecule has 5 nitrogen and oxygen atoms in total. The smallest absolute Gasteiger partial charge is 0.147 e. The molecule has 0 fully saturated rings. The molecule has 0 radical (unpaired) electrons. The number of aromatic hydroxyl groups is 1. The van der Waals surface area contributed by atoms with Gasteiger partial charge in [-0.25, -0.2) is 9.97 Å². The zero-order chi connectivity index (χ0) is 20.2. The fourth-order valence-electron chi connectivity index (χ4n) is 3.41. The van der Waals surface area contributed by atoms with Gasteiger partial charge < -0.3 is 15.2 Å². The van der Waals surface area contributed by atoms with Crippen molar-refractivity contribution >= 4 is 16.7 Å². The van der Waals surface area contributed by atoms with Crippen molar-refractivity contribution in [3.63, 3.8) is 0 Å². The van der Waals surface area contributed by atoms with E-state index in [1.807, 2.05) is 80.6 Å². The second-order valence-corrected chi connectivity index (χ2v) is 6.83. The standard InChI is InChI=1S/C24H23N3O2/c1-3-29-19-8-6-7-18(15-19)22(27-21-9-4-5-14-25-21)20-13-12-17-11-10-16(2)26-23(17)24(20)28/h4-15,22,28H,3H2,1-2H3,(H,25,27). The van der Waals surface area contributed by atoms with Crippen LogP contribution in [0.4, 0.5) is 5.82 Å². The number of hydrogen-bond acceptors (Lipinski definition) is 5. The second kappa shape index (κ2) is 8.19. The molecule has 1 unspecified atom stereocenters. The summed E-state index contributed by atoms with van der Waals surface area (Å²) < 4.78 is 5.68. The van der Waals surface area contributed by atoms with Crippen molar-refractivity contribution in [2.24, 2.45) is 0 Å². The minimum absolute atomic E-state index is 0.168. The number of benzene rings is 2. The van der Waals surface area contributed by atoms with Gasteiger partial charge in [0.15, 0.2) is 0 Å². The third-order valence-corrected chi connectivity index (χ3v) is 4.78. The van der Waals surface area contributed by atoms with Crippen molar-refractivity contribution < 1.29 is 9.84 Å². The van der Waals surface area contributed by atoms with Crippen LogP contribution in [0, 0.1) is 6.92 Å². The highest BCUT2D eigenvalue weighted by Crippen LogP contribution is 2.37. The van der Waals surface area contributed by atoms with Crippen molar-refractivity contribution in [2.75, 3.05) is 11.9 Å².